The second-order valence-corrected chi connectivity index (χ2v) is 4.01. The van der Waals surface area contributed by atoms with Crippen LogP contribution in [0.2, 0.25) is 0 Å². The van der Waals surface area contributed by atoms with E-state index >= 15 is 0 Å². The average Bonchev–Trinajstić information content (AvgIpc) is 2.81. The van der Waals surface area contributed by atoms with E-state index in [4.69, 9.17) is 0 Å². The van der Waals surface area contributed by atoms with Gasteiger partial charge in [-0.15, -0.1) is 11.3 Å². The standard InChI is InChI=1S/C11H11N3OS/c15-11(5-10-7-16-8-14-10)13-6-9-1-3-12-4-2-9/h1-4,7-8H,5-6H2,(H,13,15). The minimum absolute atomic E-state index is 0.0114. The third-order valence-electron chi connectivity index (χ3n) is 2.06. The molecule has 0 unspecified atom stereocenters. The van der Waals surface area contributed by atoms with Gasteiger partial charge in [-0.05, 0) is 17.7 Å². The molecule has 82 valence electrons. The molecule has 0 aliphatic heterocycles. The maximum absolute atomic E-state index is 11.5. The smallest absolute Gasteiger partial charge is 0.226 e. The normalized spacial score (nSPS) is 10.0. The summed E-state index contributed by atoms with van der Waals surface area (Å²) < 4.78 is 0. The van der Waals surface area contributed by atoms with Gasteiger partial charge < -0.3 is 5.32 Å². The molecule has 0 aliphatic carbocycles. The van der Waals surface area contributed by atoms with Gasteiger partial charge in [0.25, 0.3) is 0 Å². The highest BCUT2D eigenvalue weighted by atomic mass is 32.1. The van der Waals surface area contributed by atoms with E-state index < -0.39 is 0 Å². The second-order valence-electron chi connectivity index (χ2n) is 3.29. The summed E-state index contributed by atoms with van der Waals surface area (Å²) >= 11 is 1.50. The molecule has 0 saturated carbocycles. The topological polar surface area (TPSA) is 54.9 Å². The van der Waals surface area contributed by atoms with Gasteiger partial charge in [0.15, 0.2) is 0 Å². The Morgan fingerprint density at radius 3 is 2.88 bits per heavy atom. The lowest BCUT2D eigenvalue weighted by Gasteiger charge is -2.03. The van der Waals surface area contributed by atoms with E-state index in [1.807, 2.05) is 17.5 Å². The molecule has 0 fully saturated rings. The third kappa shape index (κ3) is 3.13. The molecule has 4 nitrogen and oxygen atoms in total. The lowest BCUT2D eigenvalue weighted by molar-refractivity contribution is -0.120. The van der Waals surface area contributed by atoms with Crippen molar-refractivity contribution < 1.29 is 4.79 Å². The van der Waals surface area contributed by atoms with Crippen LogP contribution in [0.25, 0.3) is 0 Å². The molecule has 0 spiro atoms. The summed E-state index contributed by atoms with van der Waals surface area (Å²) in [4.78, 5) is 19.5. The lowest BCUT2D eigenvalue weighted by atomic mass is 10.2. The molecular weight excluding hydrogens is 222 g/mol. The Kier molecular flexibility index (Phi) is 3.61. The molecule has 2 aromatic heterocycles. The van der Waals surface area contributed by atoms with Crippen molar-refractivity contribution >= 4 is 17.2 Å². The zero-order valence-electron chi connectivity index (χ0n) is 8.59. The van der Waals surface area contributed by atoms with E-state index in [-0.39, 0.29) is 5.91 Å². The first-order chi connectivity index (χ1) is 7.84. The van der Waals surface area contributed by atoms with Crippen LogP contribution >= 0.6 is 11.3 Å². The maximum Gasteiger partial charge on any atom is 0.226 e. The number of carbonyl (C=O) groups excluding carboxylic acids is 1. The number of nitrogens with one attached hydrogen (secondary N) is 1. The molecule has 1 N–H and O–H groups in total. The molecule has 5 heteroatoms. The van der Waals surface area contributed by atoms with Crippen LogP contribution in [0.5, 0.6) is 0 Å². The van der Waals surface area contributed by atoms with Crippen molar-refractivity contribution in [1.29, 1.82) is 0 Å². The number of carbonyl (C=O) groups is 1. The first kappa shape index (κ1) is 10.8. The van der Waals surface area contributed by atoms with Crippen molar-refractivity contribution in [1.82, 2.24) is 15.3 Å². The van der Waals surface area contributed by atoms with Crippen molar-refractivity contribution in [2.75, 3.05) is 0 Å². The van der Waals surface area contributed by atoms with Crippen molar-refractivity contribution in [2.24, 2.45) is 0 Å². The van der Waals surface area contributed by atoms with E-state index in [1.54, 1.807) is 17.9 Å². The molecule has 0 radical (unpaired) electrons. The van der Waals surface area contributed by atoms with E-state index in [2.05, 4.69) is 15.3 Å². The van der Waals surface area contributed by atoms with Gasteiger partial charge in [-0.1, -0.05) is 0 Å². The Morgan fingerprint density at radius 1 is 1.38 bits per heavy atom. The van der Waals surface area contributed by atoms with E-state index in [0.717, 1.165) is 11.3 Å². The first-order valence-electron chi connectivity index (χ1n) is 4.87. The molecule has 0 aromatic carbocycles. The van der Waals surface area contributed by atoms with Crippen LogP contribution in [0, 0.1) is 0 Å². The van der Waals surface area contributed by atoms with Crippen LogP contribution in [0.4, 0.5) is 0 Å². The summed E-state index contributed by atoms with van der Waals surface area (Å²) in [7, 11) is 0. The van der Waals surface area contributed by atoms with Crippen LogP contribution in [0.1, 0.15) is 11.3 Å². The predicted molar refractivity (Wildman–Crippen MR) is 61.9 cm³/mol. The second kappa shape index (κ2) is 5.37. The van der Waals surface area contributed by atoms with Gasteiger partial charge in [-0.3, -0.25) is 9.78 Å². The number of hydrogen-bond acceptors (Lipinski definition) is 4. The molecule has 0 atom stereocenters. The molecule has 16 heavy (non-hydrogen) atoms. The van der Waals surface area contributed by atoms with E-state index in [1.165, 1.54) is 11.3 Å². The van der Waals surface area contributed by atoms with Gasteiger partial charge in [0, 0.05) is 24.3 Å². The minimum Gasteiger partial charge on any atom is -0.352 e. The molecule has 0 aliphatic rings. The molecule has 2 rings (SSSR count). The fourth-order valence-electron chi connectivity index (χ4n) is 1.25. The number of hydrogen-bond donors (Lipinski definition) is 1. The lowest BCUT2D eigenvalue weighted by Crippen LogP contribution is -2.24. The number of rotatable bonds is 4. The van der Waals surface area contributed by atoms with E-state index in [9.17, 15) is 4.79 Å². The largest absolute Gasteiger partial charge is 0.352 e. The van der Waals surface area contributed by atoms with Crippen LogP contribution in [0.3, 0.4) is 0 Å². The fraction of sp³-hybridized carbons (Fsp3) is 0.182. The van der Waals surface area contributed by atoms with Crippen LogP contribution in [-0.4, -0.2) is 15.9 Å². The Bertz CT molecular complexity index is 442. The van der Waals surface area contributed by atoms with Gasteiger partial charge in [-0.25, -0.2) is 4.98 Å². The first-order valence-corrected chi connectivity index (χ1v) is 5.81. The fourth-order valence-corrected chi connectivity index (χ4v) is 1.81. The number of pyridine rings is 1. The van der Waals surface area contributed by atoms with Crippen molar-refractivity contribution in [3.8, 4) is 0 Å². The van der Waals surface area contributed by atoms with Crippen LogP contribution in [0.15, 0.2) is 35.4 Å². The number of thiazole rings is 1. The van der Waals surface area contributed by atoms with Gasteiger partial charge in [0.1, 0.15) is 0 Å². The van der Waals surface area contributed by atoms with Gasteiger partial charge in [-0.2, -0.15) is 0 Å². The molecular formula is C11H11N3OS. The third-order valence-corrected chi connectivity index (χ3v) is 2.70. The summed E-state index contributed by atoms with van der Waals surface area (Å²) in [5, 5.41) is 4.72. The van der Waals surface area contributed by atoms with Gasteiger partial charge in [0.2, 0.25) is 5.91 Å². The summed E-state index contributed by atoms with van der Waals surface area (Å²) in [6.07, 6.45) is 3.76. The maximum atomic E-state index is 11.5. The predicted octanol–water partition coefficient (Wildman–Crippen LogP) is 1.40. The summed E-state index contributed by atoms with van der Waals surface area (Å²) in [5.74, 6) is -0.0114. The van der Waals surface area contributed by atoms with Crippen molar-refractivity contribution in [3.63, 3.8) is 0 Å². The zero-order chi connectivity index (χ0) is 11.2. The van der Waals surface area contributed by atoms with Crippen LogP contribution in [-0.2, 0) is 17.8 Å². The molecule has 0 saturated heterocycles. The molecule has 2 heterocycles. The van der Waals surface area contributed by atoms with Gasteiger partial charge >= 0.3 is 0 Å². The summed E-state index contributed by atoms with van der Waals surface area (Å²) in [6.45, 7) is 0.533. The van der Waals surface area contributed by atoms with Crippen LogP contribution < -0.4 is 5.32 Å². The number of nitrogens with zero attached hydrogens (tertiary/aromatic N) is 2. The summed E-state index contributed by atoms with van der Waals surface area (Å²) in [5.41, 5.74) is 3.59. The Balaban J connectivity index is 1.80. The zero-order valence-corrected chi connectivity index (χ0v) is 9.41. The Labute approximate surface area is 97.4 Å². The quantitative estimate of drug-likeness (QED) is 0.868. The summed E-state index contributed by atoms with van der Waals surface area (Å²) in [6, 6.07) is 3.76. The monoisotopic (exact) mass is 233 g/mol. The minimum atomic E-state index is -0.0114. The highest BCUT2D eigenvalue weighted by molar-refractivity contribution is 7.07. The van der Waals surface area contributed by atoms with Crippen molar-refractivity contribution in [3.05, 3.63) is 46.7 Å². The Hall–Kier alpha value is -1.75. The SMILES string of the molecule is O=C(Cc1cscn1)NCc1ccncc1. The van der Waals surface area contributed by atoms with E-state index in [0.29, 0.717) is 13.0 Å². The Morgan fingerprint density at radius 2 is 2.19 bits per heavy atom. The average molecular weight is 233 g/mol. The van der Waals surface area contributed by atoms with Gasteiger partial charge in [0.05, 0.1) is 17.6 Å². The molecule has 1 amide bonds. The molecule has 0 bridgehead atoms. The number of amides is 1. The number of aromatic nitrogens is 2. The van der Waals surface area contributed by atoms with Crippen molar-refractivity contribution in [2.45, 2.75) is 13.0 Å². The molecule has 2 aromatic rings. The highest BCUT2D eigenvalue weighted by Gasteiger charge is 2.04. The highest BCUT2D eigenvalue weighted by Crippen LogP contribution is 2.02.